The Kier molecular flexibility index (Phi) is 4.06. The van der Waals surface area contributed by atoms with Gasteiger partial charge in [0.05, 0.1) is 6.54 Å². The van der Waals surface area contributed by atoms with E-state index in [1.54, 1.807) is 6.92 Å². The number of nitrogens with one attached hydrogen (secondary N) is 1. The summed E-state index contributed by atoms with van der Waals surface area (Å²) in [6.07, 6.45) is -4.39. The number of hydrogen-bond acceptors (Lipinski definition) is 3. The number of alkyl halides is 3. The highest BCUT2D eigenvalue weighted by molar-refractivity contribution is 8.13. The molecule has 1 saturated heterocycles. The van der Waals surface area contributed by atoms with Crippen LogP contribution in [-0.2, 0) is 4.79 Å². The molecule has 0 aromatic carbocycles. The number of nitrogens with zero attached hydrogens (tertiary/aromatic N) is 1. The number of carbonyl (C=O) groups excluding carboxylic acids is 2. The van der Waals surface area contributed by atoms with E-state index in [1.807, 2.05) is 0 Å². The molecule has 0 bridgehead atoms. The van der Waals surface area contributed by atoms with Crippen molar-refractivity contribution in [2.24, 2.45) is 0 Å². The van der Waals surface area contributed by atoms with Gasteiger partial charge in [0.15, 0.2) is 0 Å². The number of halogens is 3. The van der Waals surface area contributed by atoms with E-state index in [9.17, 15) is 22.8 Å². The van der Waals surface area contributed by atoms with Crippen LogP contribution in [-0.4, -0.2) is 47.1 Å². The van der Waals surface area contributed by atoms with E-state index in [1.165, 1.54) is 0 Å². The second kappa shape index (κ2) is 4.94. The first-order valence-corrected chi connectivity index (χ1v) is 5.61. The van der Waals surface area contributed by atoms with E-state index >= 15 is 0 Å². The van der Waals surface area contributed by atoms with Crippen LogP contribution in [0.25, 0.3) is 0 Å². The Bertz CT molecular complexity index is 295. The molecule has 1 atom stereocenters. The molecule has 2 amide bonds. The van der Waals surface area contributed by atoms with Gasteiger partial charge in [-0.3, -0.25) is 9.59 Å². The summed E-state index contributed by atoms with van der Waals surface area (Å²) in [7, 11) is 0. The molecule has 4 nitrogen and oxygen atoms in total. The number of hydrogen-bond donors (Lipinski definition) is 1. The van der Waals surface area contributed by atoms with Gasteiger partial charge in [-0.25, -0.2) is 0 Å². The van der Waals surface area contributed by atoms with Gasteiger partial charge in [0.25, 0.3) is 5.24 Å². The maximum Gasteiger partial charge on any atom is 0.406 e. The van der Waals surface area contributed by atoms with Gasteiger partial charge in [-0.05, 0) is 5.75 Å². The third kappa shape index (κ3) is 3.58. The molecule has 0 unspecified atom stereocenters. The van der Waals surface area contributed by atoms with Crippen LogP contribution in [0.3, 0.4) is 0 Å². The van der Waals surface area contributed by atoms with E-state index in [-0.39, 0.29) is 11.8 Å². The van der Waals surface area contributed by atoms with E-state index in [2.05, 4.69) is 5.32 Å². The largest absolute Gasteiger partial charge is 0.406 e. The predicted octanol–water partition coefficient (Wildman–Crippen LogP) is 1.22. The molecule has 1 aliphatic heterocycles. The predicted molar refractivity (Wildman–Crippen MR) is 53.1 cm³/mol. The summed E-state index contributed by atoms with van der Waals surface area (Å²) in [6, 6.07) is -0.797. The number of carbonyl (C=O) groups is 2. The lowest BCUT2D eigenvalue weighted by atomic mass is 10.1. The average Bonchev–Trinajstić information content (AvgIpc) is 2.14. The highest BCUT2D eigenvalue weighted by Gasteiger charge is 2.43. The Labute approximate surface area is 94.5 Å². The zero-order valence-electron chi connectivity index (χ0n) is 8.50. The maximum absolute atomic E-state index is 11.9. The Morgan fingerprint density at radius 3 is 2.69 bits per heavy atom. The number of likely N-dealkylation sites (tertiary alicyclic amines) is 1. The average molecular weight is 256 g/mol. The summed E-state index contributed by atoms with van der Waals surface area (Å²) < 4.78 is 35.8. The number of amides is 2. The van der Waals surface area contributed by atoms with Crippen molar-refractivity contribution in [3.63, 3.8) is 0 Å². The van der Waals surface area contributed by atoms with E-state index < -0.39 is 24.7 Å². The zero-order chi connectivity index (χ0) is 12.3. The molecule has 1 rings (SSSR count). The van der Waals surface area contributed by atoms with Gasteiger partial charge in [-0.2, -0.15) is 13.2 Å². The smallest absolute Gasteiger partial charge is 0.333 e. The van der Waals surface area contributed by atoms with Crippen LogP contribution in [0.1, 0.15) is 6.92 Å². The second-order valence-electron chi connectivity index (χ2n) is 3.25. The van der Waals surface area contributed by atoms with Gasteiger partial charge in [-0.1, -0.05) is 18.7 Å². The van der Waals surface area contributed by atoms with Crippen molar-refractivity contribution in [3.05, 3.63) is 0 Å². The molecule has 8 heteroatoms. The molecule has 0 aromatic rings. The molecule has 0 aliphatic carbocycles. The molecule has 16 heavy (non-hydrogen) atoms. The van der Waals surface area contributed by atoms with Crippen LogP contribution in [0.2, 0.25) is 0 Å². The van der Waals surface area contributed by atoms with Crippen molar-refractivity contribution in [2.75, 3.05) is 18.8 Å². The molecule has 0 aromatic heterocycles. The third-order valence-electron chi connectivity index (χ3n) is 1.95. The summed E-state index contributed by atoms with van der Waals surface area (Å²) >= 11 is 0.982. The van der Waals surface area contributed by atoms with E-state index in [4.69, 9.17) is 0 Å². The van der Waals surface area contributed by atoms with E-state index in [0.29, 0.717) is 10.7 Å². The van der Waals surface area contributed by atoms with Crippen LogP contribution < -0.4 is 5.32 Å². The summed E-state index contributed by atoms with van der Waals surface area (Å²) in [5.74, 6) is -0.124. The minimum Gasteiger partial charge on any atom is -0.333 e. The van der Waals surface area contributed by atoms with Crippen molar-refractivity contribution < 1.29 is 22.8 Å². The van der Waals surface area contributed by atoms with Crippen LogP contribution >= 0.6 is 11.8 Å². The first-order chi connectivity index (χ1) is 7.33. The van der Waals surface area contributed by atoms with Crippen molar-refractivity contribution in [1.82, 2.24) is 10.2 Å². The van der Waals surface area contributed by atoms with Crippen LogP contribution in [0.5, 0.6) is 0 Å². The molecule has 1 N–H and O–H groups in total. The fraction of sp³-hybridized carbons (Fsp3) is 0.750. The van der Waals surface area contributed by atoms with Crippen molar-refractivity contribution in [2.45, 2.75) is 19.1 Å². The minimum atomic E-state index is -4.39. The molecule has 1 fully saturated rings. The lowest BCUT2D eigenvalue weighted by Gasteiger charge is -2.38. The molecule has 92 valence electrons. The third-order valence-corrected chi connectivity index (χ3v) is 2.62. The van der Waals surface area contributed by atoms with Gasteiger partial charge in [0, 0.05) is 0 Å². The molecule has 0 saturated carbocycles. The molecule has 1 heterocycles. The topological polar surface area (TPSA) is 49.4 Å². The first-order valence-electron chi connectivity index (χ1n) is 4.62. The maximum atomic E-state index is 11.9. The standard InChI is InChI=1S/C8H11F3N2O2S/c1-2-16-7(15)12-5-3-13(6(5)14)4-8(9,10)11/h5H,2-4H2,1H3,(H,12,15)/t5-/m0/s1. The summed E-state index contributed by atoms with van der Waals surface area (Å²) in [5, 5.41) is 1.97. The highest BCUT2D eigenvalue weighted by Crippen LogP contribution is 2.21. The highest BCUT2D eigenvalue weighted by atomic mass is 32.2. The Hall–Kier alpha value is -0.920. The van der Waals surface area contributed by atoms with Crippen molar-refractivity contribution in [3.8, 4) is 0 Å². The molecule has 0 radical (unpaired) electrons. The van der Waals surface area contributed by atoms with E-state index in [0.717, 1.165) is 11.8 Å². The zero-order valence-corrected chi connectivity index (χ0v) is 9.32. The summed E-state index contributed by atoms with van der Waals surface area (Å²) in [5.41, 5.74) is 0. The lowest BCUT2D eigenvalue weighted by Crippen LogP contribution is -2.64. The SMILES string of the molecule is CCSC(=O)N[C@H]1CN(CC(F)(F)F)C1=O. The quantitative estimate of drug-likeness (QED) is 0.772. The van der Waals surface area contributed by atoms with Gasteiger partial charge >= 0.3 is 6.18 Å². The number of rotatable bonds is 3. The molecular formula is C8H11F3N2O2S. The molecule has 0 spiro atoms. The van der Waals surface area contributed by atoms with Crippen molar-refractivity contribution in [1.29, 1.82) is 0 Å². The van der Waals surface area contributed by atoms with Gasteiger partial charge in [0.2, 0.25) is 5.91 Å². The normalized spacial score (nSPS) is 20.6. The van der Waals surface area contributed by atoms with Crippen molar-refractivity contribution >= 4 is 22.9 Å². The summed E-state index contributed by atoms with van der Waals surface area (Å²) in [4.78, 5) is 22.9. The first kappa shape index (κ1) is 13.1. The van der Waals surface area contributed by atoms with Gasteiger partial charge < -0.3 is 10.2 Å². The fourth-order valence-electron chi connectivity index (χ4n) is 1.28. The second-order valence-corrected chi connectivity index (χ2v) is 4.49. The van der Waals surface area contributed by atoms with Gasteiger partial charge in [-0.15, -0.1) is 0 Å². The molecular weight excluding hydrogens is 245 g/mol. The monoisotopic (exact) mass is 256 g/mol. The Morgan fingerprint density at radius 1 is 1.62 bits per heavy atom. The van der Waals surface area contributed by atoms with Crippen LogP contribution in [0.4, 0.5) is 18.0 Å². The number of thioether (sulfide) groups is 1. The van der Waals surface area contributed by atoms with Crippen LogP contribution in [0, 0.1) is 0 Å². The lowest BCUT2D eigenvalue weighted by molar-refractivity contribution is -0.173. The molecule has 1 aliphatic rings. The number of β-lactam (4-membered cyclic amide) rings is 1. The Balaban J connectivity index is 2.32. The van der Waals surface area contributed by atoms with Crippen LogP contribution in [0.15, 0.2) is 0 Å². The summed E-state index contributed by atoms with van der Waals surface area (Å²) in [6.45, 7) is 0.441. The fourth-order valence-corrected chi connectivity index (χ4v) is 1.77. The minimum absolute atomic E-state index is 0.0750. The Morgan fingerprint density at radius 2 is 2.25 bits per heavy atom. The van der Waals surface area contributed by atoms with Gasteiger partial charge in [0.1, 0.15) is 12.6 Å².